The zero-order valence-corrected chi connectivity index (χ0v) is 8.57. The monoisotopic (exact) mass is 198 g/mol. The van der Waals surface area contributed by atoms with Gasteiger partial charge in [-0.05, 0) is 13.8 Å². The molecule has 0 fully saturated rings. The summed E-state index contributed by atoms with van der Waals surface area (Å²) in [5, 5.41) is 0. The lowest BCUT2D eigenvalue weighted by atomic mass is 10.1. The summed E-state index contributed by atoms with van der Waals surface area (Å²) in [6.45, 7) is 4.34. The normalized spacial score (nSPS) is 25.6. The molecular weight excluding hydrogens is 184 g/mol. The predicted molar refractivity (Wildman–Crippen MR) is 50.0 cm³/mol. The topological polar surface area (TPSA) is 44.8 Å². The molecule has 1 heterocycles. The SMILES string of the molecule is CCOC1=C(C=C=O)OC(OC)C1C. The molecular formula is C10H14O4. The van der Waals surface area contributed by atoms with Crippen LogP contribution in [0.4, 0.5) is 0 Å². The molecule has 1 aliphatic rings. The molecule has 0 aliphatic carbocycles. The fraction of sp³-hybridized carbons (Fsp3) is 0.600. The van der Waals surface area contributed by atoms with Gasteiger partial charge in [0.05, 0.1) is 18.6 Å². The highest BCUT2D eigenvalue weighted by Gasteiger charge is 2.34. The first-order valence-corrected chi connectivity index (χ1v) is 4.51. The maximum atomic E-state index is 10.2. The fourth-order valence-electron chi connectivity index (χ4n) is 1.40. The number of rotatable bonds is 4. The van der Waals surface area contributed by atoms with Crippen molar-refractivity contribution in [2.24, 2.45) is 5.92 Å². The van der Waals surface area contributed by atoms with Gasteiger partial charge in [-0.25, -0.2) is 4.79 Å². The van der Waals surface area contributed by atoms with E-state index in [2.05, 4.69) is 0 Å². The van der Waals surface area contributed by atoms with Gasteiger partial charge in [-0.15, -0.1) is 0 Å². The number of methoxy groups -OCH3 is 1. The van der Waals surface area contributed by atoms with Crippen LogP contribution in [0.25, 0.3) is 0 Å². The highest BCUT2D eigenvalue weighted by molar-refractivity contribution is 5.52. The number of allylic oxidation sites excluding steroid dienone is 1. The van der Waals surface area contributed by atoms with Gasteiger partial charge in [0.15, 0.2) is 5.76 Å². The second-order valence-electron chi connectivity index (χ2n) is 2.93. The van der Waals surface area contributed by atoms with Crippen molar-refractivity contribution in [3.8, 4) is 0 Å². The van der Waals surface area contributed by atoms with Crippen molar-refractivity contribution in [1.82, 2.24) is 0 Å². The lowest BCUT2D eigenvalue weighted by molar-refractivity contribution is -0.0975. The summed E-state index contributed by atoms with van der Waals surface area (Å²) in [4.78, 5) is 10.2. The van der Waals surface area contributed by atoms with Crippen molar-refractivity contribution in [1.29, 1.82) is 0 Å². The van der Waals surface area contributed by atoms with Crippen LogP contribution in [0.2, 0.25) is 0 Å². The van der Waals surface area contributed by atoms with Crippen molar-refractivity contribution in [3.63, 3.8) is 0 Å². The van der Waals surface area contributed by atoms with E-state index in [0.29, 0.717) is 18.1 Å². The summed E-state index contributed by atoms with van der Waals surface area (Å²) in [7, 11) is 1.55. The van der Waals surface area contributed by atoms with Crippen LogP contribution in [0.5, 0.6) is 0 Å². The second-order valence-corrected chi connectivity index (χ2v) is 2.93. The molecule has 2 unspecified atom stereocenters. The smallest absolute Gasteiger partial charge is 0.209 e. The molecule has 0 aromatic heterocycles. The first-order valence-electron chi connectivity index (χ1n) is 4.51. The van der Waals surface area contributed by atoms with Crippen LogP contribution in [0.3, 0.4) is 0 Å². The van der Waals surface area contributed by atoms with Crippen molar-refractivity contribution >= 4 is 5.94 Å². The number of carbonyl (C=O) groups excluding carboxylic acids is 1. The maximum absolute atomic E-state index is 10.2. The van der Waals surface area contributed by atoms with E-state index in [1.54, 1.807) is 13.1 Å². The van der Waals surface area contributed by atoms with Crippen molar-refractivity contribution in [2.75, 3.05) is 13.7 Å². The Labute approximate surface area is 83.1 Å². The molecule has 78 valence electrons. The van der Waals surface area contributed by atoms with Crippen LogP contribution in [-0.4, -0.2) is 25.9 Å². The molecule has 4 nitrogen and oxygen atoms in total. The van der Waals surface area contributed by atoms with Crippen LogP contribution in [0, 0.1) is 5.92 Å². The molecule has 0 spiro atoms. The highest BCUT2D eigenvalue weighted by atomic mass is 16.7. The van der Waals surface area contributed by atoms with Gasteiger partial charge in [0, 0.05) is 7.11 Å². The van der Waals surface area contributed by atoms with Crippen LogP contribution >= 0.6 is 0 Å². The number of hydrogen-bond donors (Lipinski definition) is 0. The van der Waals surface area contributed by atoms with Crippen LogP contribution in [0.15, 0.2) is 17.6 Å². The standard InChI is InChI=1S/C10H14O4/c1-4-13-9-7(2)10(12-3)14-8(9)5-6-11/h5,7,10H,4H2,1-3H3. The lowest BCUT2D eigenvalue weighted by Gasteiger charge is -2.14. The van der Waals surface area contributed by atoms with Gasteiger partial charge in [0.25, 0.3) is 0 Å². The zero-order chi connectivity index (χ0) is 10.6. The minimum atomic E-state index is -0.379. The molecule has 4 heteroatoms. The van der Waals surface area contributed by atoms with Gasteiger partial charge in [0.2, 0.25) is 6.29 Å². The minimum absolute atomic E-state index is 0.000417. The summed E-state index contributed by atoms with van der Waals surface area (Å²) in [5.74, 6) is 2.74. The summed E-state index contributed by atoms with van der Waals surface area (Å²) in [5.41, 5.74) is 0. The van der Waals surface area contributed by atoms with Gasteiger partial charge in [0.1, 0.15) is 11.7 Å². The largest absolute Gasteiger partial charge is 0.494 e. The molecule has 2 atom stereocenters. The summed E-state index contributed by atoms with van der Waals surface area (Å²) >= 11 is 0. The Bertz CT molecular complexity index is 276. The molecule has 0 radical (unpaired) electrons. The molecule has 0 N–H and O–H groups in total. The summed E-state index contributed by atoms with van der Waals surface area (Å²) < 4.78 is 15.8. The van der Waals surface area contributed by atoms with Crippen LogP contribution in [0.1, 0.15) is 13.8 Å². The Kier molecular flexibility index (Phi) is 3.74. The van der Waals surface area contributed by atoms with Gasteiger partial charge < -0.3 is 14.2 Å². The van der Waals surface area contributed by atoms with E-state index in [0.717, 1.165) is 0 Å². The third-order valence-corrected chi connectivity index (χ3v) is 2.03. The summed E-state index contributed by atoms with van der Waals surface area (Å²) in [6, 6.07) is 0. The molecule has 1 aliphatic heterocycles. The van der Waals surface area contributed by atoms with Gasteiger partial charge in [-0.2, -0.15) is 0 Å². The van der Waals surface area contributed by atoms with E-state index in [1.165, 1.54) is 6.08 Å². The highest BCUT2D eigenvalue weighted by Crippen LogP contribution is 2.32. The van der Waals surface area contributed by atoms with E-state index in [-0.39, 0.29) is 12.2 Å². The molecule has 1 rings (SSSR count). The Morgan fingerprint density at radius 3 is 2.86 bits per heavy atom. The first-order chi connectivity index (χ1) is 6.74. The Balaban J connectivity index is 2.87. The molecule has 0 amide bonds. The van der Waals surface area contributed by atoms with Crippen LogP contribution < -0.4 is 0 Å². The van der Waals surface area contributed by atoms with Crippen molar-refractivity contribution in [2.45, 2.75) is 20.1 Å². The quantitative estimate of drug-likeness (QED) is 0.638. The van der Waals surface area contributed by atoms with Crippen LogP contribution in [-0.2, 0) is 19.0 Å². The zero-order valence-electron chi connectivity index (χ0n) is 8.57. The third kappa shape index (κ3) is 1.97. The van der Waals surface area contributed by atoms with E-state index in [1.807, 2.05) is 13.8 Å². The number of ether oxygens (including phenoxy) is 3. The van der Waals surface area contributed by atoms with E-state index >= 15 is 0 Å². The molecule has 0 aromatic carbocycles. The lowest BCUT2D eigenvalue weighted by Crippen LogP contribution is -2.18. The molecule has 0 aromatic rings. The third-order valence-electron chi connectivity index (χ3n) is 2.03. The van der Waals surface area contributed by atoms with Gasteiger partial charge in [-0.3, -0.25) is 0 Å². The Morgan fingerprint density at radius 1 is 1.64 bits per heavy atom. The van der Waals surface area contributed by atoms with E-state index in [9.17, 15) is 4.79 Å². The van der Waals surface area contributed by atoms with E-state index < -0.39 is 0 Å². The molecule has 14 heavy (non-hydrogen) atoms. The van der Waals surface area contributed by atoms with Crippen molar-refractivity contribution < 1.29 is 19.0 Å². The predicted octanol–water partition coefficient (Wildman–Crippen LogP) is 1.26. The maximum Gasteiger partial charge on any atom is 0.209 e. The first kappa shape index (κ1) is 10.8. The molecule has 0 bridgehead atoms. The average Bonchev–Trinajstić information content (AvgIpc) is 2.47. The van der Waals surface area contributed by atoms with Gasteiger partial charge >= 0.3 is 0 Å². The van der Waals surface area contributed by atoms with Gasteiger partial charge in [-0.1, -0.05) is 0 Å². The van der Waals surface area contributed by atoms with Crippen molar-refractivity contribution in [3.05, 3.63) is 17.6 Å². The molecule has 0 saturated heterocycles. The minimum Gasteiger partial charge on any atom is -0.494 e. The molecule has 0 saturated carbocycles. The summed E-state index contributed by atoms with van der Waals surface area (Å²) in [6.07, 6.45) is 0.844. The average molecular weight is 198 g/mol. The number of hydrogen-bond acceptors (Lipinski definition) is 4. The Morgan fingerprint density at radius 2 is 2.36 bits per heavy atom. The fourth-order valence-corrected chi connectivity index (χ4v) is 1.40. The second kappa shape index (κ2) is 4.84. The van der Waals surface area contributed by atoms with E-state index in [4.69, 9.17) is 14.2 Å². The Hall–Kier alpha value is -1.25.